The maximum atomic E-state index is 4.63. The van der Waals surface area contributed by atoms with Gasteiger partial charge in [-0.05, 0) is 97.2 Å². The van der Waals surface area contributed by atoms with Crippen LogP contribution in [0.5, 0.6) is 0 Å². The number of rotatable bonds is 4. The van der Waals surface area contributed by atoms with Crippen molar-refractivity contribution in [1.82, 2.24) is 19.9 Å². The third-order valence-electron chi connectivity index (χ3n) is 4.74. The highest BCUT2D eigenvalue weighted by molar-refractivity contribution is 7.99. The lowest BCUT2D eigenvalue weighted by Crippen LogP contribution is -1.76. The lowest BCUT2D eigenvalue weighted by atomic mass is 10.3. The fourth-order valence-corrected chi connectivity index (χ4v) is 4.12. The topological polar surface area (TPSA) is 57.4 Å². The average molecular weight is 429 g/mol. The molecular formula is C26H28N4S. The molecule has 2 aliphatic heterocycles. The van der Waals surface area contributed by atoms with Crippen molar-refractivity contribution in [1.29, 1.82) is 0 Å². The van der Waals surface area contributed by atoms with Crippen LogP contribution in [-0.4, -0.2) is 31.4 Å². The Balaban J connectivity index is 0.000000289. The van der Waals surface area contributed by atoms with Gasteiger partial charge in [0.1, 0.15) is 0 Å². The zero-order valence-electron chi connectivity index (χ0n) is 18.1. The molecule has 2 aliphatic rings. The molecule has 5 heterocycles. The van der Waals surface area contributed by atoms with E-state index in [0.29, 0.717) is 0 Å². The number of thioether (sulfide) groups is 1. The van der Waals surface area contributed by atoms with Crippen LogP contribution in [0, 0.1) is 0 Å². The van der Waals surface area contributed by atoms with Crippen LogP contribution in [0.25, 0.3) is 46.4 Å². The smallest absolute Gasteiger partial charge is 0.0658 e. The van der Waals surface area contributed by atoms with E-state index in [0.717, 1.165) is 44.8 Å². The van der Waals surface area contributed by atoms with Gasteiger partial charge in [0.25, 0.3) is 0 Å². The molecule has 0 amide bonds. The van der Waals surface area contributed by atoms with E-state index in [1.807, 2.05) is 48.6 Å². The van der Waals surface area contributed by atoms with Gasteiger partial charge in [0.2, 0.25) is 0 Å². The second kappa shape index (κ2) is 10.3. The lowest BCUT2D eigenvalue weighted by molar-refractivity contribution is 1.07. The zero-order chi connectivity index (χ0) is 21.5. The SMILES string of the molecule is C1=Cc2cc3ccc(cc4nc(cc5ccc(cc1n2)[nH]5)C=C4)[nH]3.CCCSCCC. The Morgan fingerprint density at radius 1 is 0.581 bits per heavy atom. The molecule has 0 aromatic carbocycles. The molecule has 2 N–H and O–H groups in total. The quantitative estimate of drug-likeness (QED) is 0.298. The molecule has 0 radical (unpaired) electrons. The van der Waals surface area contributed by atoms with E-state index in [1.54, 1.807) is 0 Å². The second-order valence-electron chi connectivity index (χ2n) is 7.52. The summed E-state index contributed by atoms with van der Waals surface area (Å²) in [5.74, 6) is 2.68. The number of hydrogen-bond acceptors (Lipinski definition) is 3. The molecule has 0 spiro atoms. The van der Waals surface area contributed by atoms with Gasteiger partial charge in [0.15, 0.2) is 0 Å². The Morgan fingerprint density at radius 2 is 0.903 bits per heavy atom. The van der Waals surface area contributed by atoms with Crippen molar-refractivity contribution in [2.24, 2.45) is 0 Å². The molecule has 158 valence electrons. The number of aromatic nitrogens is 4. The van der Waals surface area contributed by atoms with Crippen molar-refractivity contribution >= 4 is 58.1 Å². The first-order valence-electron chi connectivity index (χ1n) is 10.8. The summed E-state index contributed by atoms with van der Waals surface area (Å²) in [6, 6.07) is 16.4. The first-order valence-corrected chi connectivity index (χ1v) is 12.0. The first kappa shape index (κ1) is 21.2. The maximum Gasteiger partial charge on any atom is 0.0658 e. The minimum absolute atomic E-state index is 0.939. The molecule has 0 unspecified atom stereocenters. The van der Waals surface area contributed by atoms with Crippen molar-refractivity contribution in [2.45, 2.75) is 26.7 Å². The molecule has 5 heteroatoms. The summed E-state index contributed by atoms with van der Waals surface area (Å²) in [7, 11) is 0. The van der Waals surface area contributed by atoms with Crippen molar-refractivity contribution in [3.05, 3.63) is 71.3 Å². The zero-order valence-corrected chi connectivity index (χ0v) is 18.9. The van der Waals surface area contributed by atoms with Gasteiger partial charge in [-0.1, -0.05) is 13.8 Å². The summed E-state index contributed by atoms with van der Waals surface area (Å²) >= 11 is 2.05. The highest BCUT2D eigenvalue weighted by atomic mass is 32.2. The van der Waals surface area contributed by atoms with E-state index in [9.17, 15) is 0 Å². The Labute approximate surface area is 187 Å². The predicted octanol–water partition coefficient (Wildman–Crippen LogP) is 7.20. The Morgan fingerprint density at radius 3 is 1.19 bits per heavy atom. The van der Waals surface area contributed by atoms with Gasteiger partial charge in [-0.15, -0.1) is 0 Å². The fraction of sp³-hybridized carbons (Fsp3) is 0.231. The van der Waals surface area contributed by atoms with Crippen LogP contribution < -0.4 is 0 Å². The Hall–Kier alpha value is -3.05. The Bertz CT molecular complexity index is 1070. The minimum atomic E-state index is 0.939. The first-order chi connectivity index (χ1) is 15.2. The lowest BCUT2D eigenvalue weighted by Gasteiger charge is -1.91. The van der Waals surface area contributed by atoms with Gasteiger partial charge in [-0.2, -0.15) is 11.8 Å². The van der Waals surface area contributed by atoms with E-state index >= 15 is 0 Å². The number of fused-ring (bicyclic) bond motifs is 8. The standard InChI is InChI=1S/C20H14N4.C6H14S/c1-2-14-10-16-5-6-18(23-16)12-20-8-7-19(24-20)11-17-4-3-15(22-17)9-13(1)21-14;1-3-5-7-6-4-2/h1-12,21,24H;3-6H2,1-2H3. The number of nitrogens with one attached hydrogen (secondary N) is 2. The molecule has 4 nitrogen and oxygen atoms in total. The van der Waals surface area contributed by atoms with Gasteiger partial charge in [0, 0.05) is 22.1 Å². The van der Waals surface area contributed by atoms with Gasteiger partial charge in [-0.3, -0.25) is 0 Å². The van der Waals surface area contributed by atoms with Crippen LogP contribution in [0.3, 0.4) is 0 Å². The van der Waals surface area contributed by atoms with Crippen LogP contribution in [0.2, 0.25) is 0 Å². The maximum absolute atomic E-state index is 4.63. The summed E-state index contributed by atoms with van der Waals surface area (Å²) in [6.07, 6.45) is 10.7. The van der Waals surface area contributed by atoms with E-state index in [1.165, 1.54) is 24.3 Å². The van der Waals surface area contributed by atoms with Gasteiger partial charge < -0.3 is 9.97 Å². The number of hydrogen-bond donors (Lipinski definition) is 2. The predicted molar refractivity (Wildman–Crippen MR) is 137 cm³/mol. The second-order valence-corrected chi connectivity index (χ2v) is 8.74. The van der Waals surface area contributed by atoms with Crippen molar-refractivity contribution in [2.75, 3.05) is 11.5 Å². The normalized spacial score (nSPS) is 11.9. The molecule has 0 aliphatic carbocycles. The molecule has 3 aromatic rings. The van der Waals surface area contributed by atoms with Crippen LogP contribution in [0.15, 0.2) is 48.5 Å². The molecule has 8 bridgehead atoms. The van der Waals surface area contributed by atoms with E-state index < -0.39 is 0 Å². The summed E-state index contributed by atoms with van der Waals surface area (Å²) in [5.41, 5.74) is 7.86. The third-order valence-corrected chi connectivity index (χ3v) is 6.13. The average Bonchev–Trinajstić information content (AvgIpc) is 3.55. The summed E-state index contributed by atoms with van der Waals surface area (Å²) < 4.78 is 0. The third kappa shape index (κ3) is 5.98. The highest BCUT2D eigenvalue weighted by Crippen LogP contribution is 2.16. The molecule has 0 atom stereocenters. The number of nitrogens with zero attached hydrogens (tertiary/aromatic N) is 2. The van der Waals surface area contributed by atoms with Crippen molar-refractivity contribution < 1.29 is 0 Å². The molecular weight excluding hydrogens is 400 g/mol. The van der Waals surface area contributed by atoms with Gasteiger partial charge in [-0.25, -0.2) is 9.97 Å². The summed E-state index contributed by atoms with van der Waals surface area (Å²) in [4.78, 5) is 16.0. The molecule has 31 heavy (non-hydrogen) atoms. The fourth-order valence-electron chi connectivity index (χ4n) is 3.33. The number of H-pyrrole nitrogens is 2. The number of aromatic amines is 2. The Kier molecular flexibility index (Phi) is 7.05. The van der Waals surface area contributed by atoms with Crippen LogP contribution in [-0.2, 0) is 0 Å². The van der Waals surface area contributed by atoms with Crippen LogP contribution in [0.4, 0.5) is 0 Å². The largest absolute Gasteiger partial charge is 0.355 e. The summed E-state index contributed by atoms with van der Waals surface area (Å²) in [6.45, 7) is 4.45. The van der Waals surface area contributed by atoms with Gasteiger partial charge in [0.05, 0.1) is 22.8 Å². The molecule has 0 saturated heterocycles. The van der Waals surface area contributed by atoms with Crippen LogP contribution in [0.1, 0.15) is 49.5 Å². The highest BCUT2D eigenvalue weighted by Gasteiger charge is 2.01. The van der Waals surface area contributed by atoms with E-state index in [-0.39, 0.29) is 0 Å². The molecule has 3 aromatic heterocycles. The molecule has 0 saturated carbocycles. The molecule has 0 fully saturated rings. The van der Waals surface area contributed by atoms with Crippen molar-refractivity contribution in [3.63, 3.8) is 0 Å². The molecule has 5 rings (SSSR count). The van der Waals surface area contributed by atoms with E-state index in [4.69, 9.17) is 0 Å². The summed E-state index contributed by atoms with van der Waals surface area (Å²) in [5, 5.41) is 0. The minimum Gasteiger partial charge on any atom is -0.355 e. The van der Waals surface area contributed by atoms with Crippen molar-refractivity contribution in [3.8, 4) is 0 Å². The van der Waals surface area contributed by atoms with Gasteiger partial charge >= 0.3 is 0 Å². The van der Waals surface area contributed by atoms with E-state index in [2.05, 4.69) is 69.8 Å². The van der Waals surface area contributed by atoms with Crippen LogP contribution >= 0.6 is 11.8 Å². The monoisotopic (exact) mass is 428 g/mol.